The van der Waals surface area contributed by atoms with Gasteiger partial charge in [-0.25, -0.2) is 4.39 Å². The van der Waals surface area contributed by atoms with E-state index >= 15 is 0 Å². The first kappa shape index (κ1) is 19.3. The van der Waals surface area contributed by atoms with Crippen molar-refractivity contribution in [2.24, 2.45) is 0 Å². The van der Waals surface area contributed by atoms with Gasteiger partial charge in [0.1, 0.15) is 5.82 Å². The third kappa shape index (κ3) is 4.62. The largest absolute Gasteiger partial charge is 0.350 e. The van der Waals surface area contributed by atoms with Crippen LogP contribution in [-0.2, 0) is 0 Å². The lowest BCUT2D eigenvalue weighted by atomic mass is 9.99. The van der Waals surface area contributed by atoms with Gasteiger partial charge in [-0.2, -0.15) is 0 Å². The summed E-state index contributed by atoms with van der Waals surface area (Å²) in [5, 5.41) is 5.49. The summed E-state index contributed by atoms with van der Waals surface area (Å²) >= 11 is 0. The monoisotopic (exact) mass is 376 g/mol. The van der Waals surface area contributed by atoms with Gasteiger partial charge in [-0.05, 0) is 41.8 Å². The highest BCUT2D eigenvalue weighted by atomic mass is 19.1. The Kier molecular flexibility index (Phi) is 6.17. The van der Waals surface area contributed by atoms with Crippen LogP contribution in [-0.4, -0.2) is 24.9 Å². The maximum Gasteiger partial charge on any atom is 0.251 e. The standard InChI is InChI=1S/C23H21FN2O2/c1-16-11-12-18(15-21(16)24)22(27)25-13-14-26-23(28)20-10-6-5-9-19(20)17-7-3-2-4-8-17/h2-12,15H,13-14H2,1H3,(H,25,27)(H,26,28). The molecule has 0 fully saturated rings. The fourth-order valence-electron chi connectivity index (χ4n) is 2.83. The predicted molar refractivity (Wildman–Crippen MR) is 108 cm³/mol. The number of halogens is 1. The first-order chi connectivity index (χ1) is 13.6. The second-order valence-electron chi connectivity index (χ2n) is 6.39. The topological polar surface area (TPSA) is 58.2 Å². The summed E-state index contributed by atoms with van der Waals surface area (Å²) < 4.78 is 13.6. The minimum Gasteiger partial charge on any atom is -0.350 e. The molecule has 3 aromatic carbocycles. The van der Waals surface area contributed by atoms with Gasteiger partial charge in [0.2, 0.25) is 0 Å². The molecule has 0 heterocycles. The molecule has 0 aromatic heterocycles. The van der Waals surface area contributed by atoms with E-state index in [9.17, 15) is 14.0 Å². The molecule has 3 aromatic rings. The molecule has 142 valence electrons. The summed E-state index contributed by atoms with van der Waals surface area (Å²) in [5.41, 5.74) is 3.12. The molecule has 0 saturated carbocycles. The molecule has 3 rings (SSSR count). The van der Waals surface area contributed by atoms with Crippen LogP contribution in [0, 0.1) is 12.7 Å². The zero-order valence-corrected chi connectivity index (χ0v) is 15.5. The lowest BCUT2D eigenvalue weighted by molar-refractivity contribution is 0.0928. The van der Waals surface area contributed by atoms with Crippen LogP contribution in [0.3, 0.4) is 0 Å². The molecule has 0 aliphatic heterocycles. The number of aryl methyl sites for hydroxylation is 1. The normalized spacial score (nSPS) is 10.4. The highest BCUT2D eigenvalue weighted by Crippen LogP contribution is 2.23. The van der Waals surface area contributed by atoms with Crippen LogP contribution in [0.5, 0.6) is 0 Å². The van der Waals surface area contributed by atoms with E-state index in [0.29, 0.717) is 11.1 Å². The van der Waals surface area contributed by atoms with Crippen molar-refractivity contribution in [2.45, 2.75) is 6.92 Å². The molecule has 0 saturated heterocycles. The molecule has 2 N–H and O–H groups in total. The van der Waals surface area contributed by atoms with Gasteiger partial charge in [-0.3, -0.25) is 9.59 Å². The first-order valence-electron chi connectivity index (χ1n) is 9.03. The summed E-state index contributed by atoms with van der Waals surface area (Å²) in [5.74, 6) is -1.01. The summed E-state index contributed by atoms with van der Waals surface area (Å²) in [4.78, 5) is 24.6. The summed E-state index contributed by atoms with van der Waals surface area (Å²) in [6.45, 7) is 2.15. The lowest BCUT2D eigenvalue weighted by Crippen LogP contribution is -2.34. The Morgan fingerprint density at radius 2 is 1.46 bits per heavy atom. The van der Waals surface area contributed by atoms with Crippen molar-refractivity contribution in [3.05, 3.63) is 95.3 Å². The molecule has 2 amide bonds. The number of amides is 2. The van der Waals surface area contributed by atoms with Gasteiger partial charge in [0.25, 0.3) is 11.8 Å². The Morgan fingerprint density at radius 1 is 0.821 bits per heavy atom. The molecule has 0 aliphatic carbocycles. The van der Waals surface area contributed by atoms with E-state index < -0.39 is 5.82 Å². The van der Waals surface area contributed by atoms with Gasteiger partial charge in [0.15, 0.2) is 0 Å². The summed E-state index contributed by atoms with van der Waals surface area (Å²) in [6, 6.07) is 21.4. The van der Waals surface area contributed by atoms with Crippen LogP contribution in [0.1, 0.15) is 26.3 Å². The van der Waals surface area contributed by atoms with Crippen LogP contribution < -0.4 is 10.6 Å². The number of hydrogen-bond donors (Lipinski definition) is 2. The third-order valence-electron chi connectivity index (χ3n) is 4.39. The average Bonchev–Trinajstić information content (AvgIpc) is 2.73. The van der Waals surface area contributed by atoms with Crippen molar-refractivity contribution >= 4 is 11.8 Å². The van der Waals surface area contributed by atoms with Gasteiger partial charge in [-0.15, -0.1) is 0 Å². The molecule has 0 aliphatic rings. The molecule has 0 spiro atoms. The van der Waals surface area contributed by atoms with Crippen LogP contribution in [0.25, 0.3) is 11.1 Å². The van der Waals surface area contributed by atoms with Crippen LogP contribution >= 0.6 is 0 Å². The number of carbonyl (C=O) groups is 2. The summed E-state index contributed by atoms with van der Waals surface area (Å²) in [7, 11) is 0. The maximum atomic E-state index is 13.6. The Morgan fingerprint density at radius 3 is 2.18 bits per heavy atom. The number of nitrogens with one attached hydrogen (secondary N) is 2. The molecular weight excluding hydrogens is 355 g/mol. The van der Waals surface area contributed by atoms with E-state index in [4.69, 9.17) is 0 Å². The van der Waals surface area contributed by atoms with E-state index in [0.717, 1.165) is 11.1 Å². The van der Waals surface area contributed by atoms with Gasteiger partial charge in [0.05, 0.1) is 0 Å². The highest BCUT2D eigenvalue weighted by Gasteiger charge is 2.12. The molecule has 5 heteroatoms. The fraction of sp³-hybridized carbons (Fsp3) is 0.130. The minimum absolute atomic E-state index is 0.213. The van der Waals surface area contributed by atoms with Crippen LogP contribution in [0.2, 0.25) is 0 Å². The molecule has 4 nitrogen and oxygen atoms in total. The van der Waals surface area contributed by atoms with Gasteiger partial charge in [0, 0.05) is 24.2 Å². The second kappa shape index (κ2) is 8.95. The van der Waals surface area contributed by atoms with Gasteiger partial charge >= 0.3 is 0 Å². The molecule has 0 bridgehead atoms. The van der Waals surface area contributed by atoms with Crippen molar-refractivity contribution in [1.29, 1.82) is 0 Å². The van der Waals surface area contributed by atoms with Crippen LogP contribution in [0.15, 0.2) is 72.8 Å². The number of benzene rings is 3. The smallest absolute Gasteiger partial charge is 0.251 e. The second-order valence-corrected chi connectivity index (χ2v) is 6.39. The molecule has 28 heavy (non-hydrogen) atoms. The predicted octanol–water partition coefficient (Wildman–Crippen LogP) is 3.96. The SMILES string of the molecule is Cc1ccc(C(=O)NCCNC(=O)c2ccccc2-c2ccccc2)cc1F. The van der Waals surface area contributed by atoms with E-state index in [1.165, 1.54) is 6.07 Å². The number of carbonyl (C=O) groups excluding carboxylic acids is 2. The van der Waals surface area contributed by atoms with Crippen molar-refractivity contribution in [2.75, 3.05) is 13.1 Å². The van der Waals surface area contributed by atoms with Crippen molar-refractivity contribution in [1.82, 2.24) is 10.6 Å². The zero-order chi connectivity index (χ0) is 19.9. The van der Waals surface area contributed by atoms with Crippen molar-refractivity contribution < 1.29 is 14.0 Å². The Hall–Kier alpha value is -3.47. The number of rotatable bonds is 6. The molecule has 0 radical (unpaired) electrons. The van der Waals surface area contributed by atoms with Gasteiger partial charge in [-0.1, -0.05) is 54.6 Å². The van der Waals surface area contributed by atoms with E-state index in [1.807, 2.05) is 48.5 Å². The Balaban J connectivity index is 1.57. The Labute approximate surface area is 163 Å². The maximum absolute atomic E-state index is 13.6. The summed E-state index contributed by atoms with van der Waals surface area (Å²) in [6.07, 6.45) is 0. The molecular formula is C23H21FN2O2. The fourth-order valence-corrected chi connectivity index (χ4v) is 2.83. The lowest BCUT2D eigenvalue weighted by Gasteiger charge is -2.11. The first-order valence-corrected chi connectivity index (χ1v) is 9.03. The van der Waals surface area contributed by atoms with Crippen molar-refractivity contribution in [3.63, 3.8) is 0 Å². The minimum atomic E-state index is -0.418. The average molecular weight is 376 g/mol. The van der Waals surface area contributed by atoms with E-state index in [-0.39, 0.29) is 30.5 Å². The molecule has 0 unspecified atom stereocenters. The Bertz CT molecular complexity index is 987. The third-order valence-corrected chi connectivity index (χ3v) is 4.39. The number of hydrogen-bond acceptors (Lipinski definition) is 2. The van der Waals surface area contributed by atoms with E-state index in [1.54, 1.807) is 25.1 Å². The van der Waals surface area contributed by atoms with E-state index in [2.05, 4.69) is 10.6 Å². The van der Waals surface area contributed by atoms with Crippen molar-refractivity contribution in [3.8, 4) is 11.1 Å². The van der Waals surface area contributed by atoms with Gasteiger partial charge < -0.3 is 10.6 Å². The zero-order valence-electron chi connectivity index (χ0n) is 15.5. The van der Waals surface area contributed by atoms with Crippen LogP contribution in [0.4, 0.5) is 4.39 Å². The quantitative estimate of drug-likeness (QED) is 0.640. The molecule has 0 atom stereocenters. The highest BCUT2D eigenvalue weighted by molar-refractivity contribution is 6.01.